The highest BCUT2D eigenvalue weighted by molar-refractivity contribution is 6.42. The Morgan fingerprint density at radius 2 is 1.64 bits per heavy atom. The fourth-order valence-electron chi connectivity index (χ4n) is 2.85. The molecule has 0 N–H and O–H groups in total. The lowest BCUT2D eigenvalue weighted by molar-refractivity contribution is 0.130. The Morgan fingerprint density at radius 1 is 0.920 bits per heavy atom. The number of nitrogens with zero attached hydrogens (tertiary/aromatic N) is 3. The van der Waals surface area contributed by atoms with E-state index in [0.717, 1.165) is 49.0 Å². The van der Waals surface area contributed by atoms with Gasteiger partial charge in [0.05, 0.1) is 15.8 Å². The molecule has 0 bridgehead atoms. The van der Waals surface area contributed by atoms with Gasteiger partial charge >= 0.3 is 0 Å². The molecule has 6 heteroatoms. The van der Waals surface area contributed by atoms with Crippen LogP contribution in [0, 0.1) is 0 Å². The Bertz CT molecular complexity index is 768. The number of halogens is 3. The van der Waals surface area contributed by atoms with Crippen molar-refractivity contribution in [2.45, 2.75) is 13.5 Å². The molecular weight excluding hydrogens is 377 g/mol. The third-order valence-corrected chi connectivity index (χ3v) is 5.44. The van der Waals surface area contributed by atoms with Crippen LogP contribution in [0.2, 0.25) is 15.1 Å². The number of piperazine rings is 1. The van der Waals surface area contributed by atoms with E-state index in [2.05, 4.69) is 16.0 Å². The zero-order chi connectivity index (χ0) is 17.8. The first-order chi connectivity index (χ1) is 12.0. The summed E-state index contributed by atoms with van der Waals surface area (Å²) in [6.45, 7) is 6.58. The second-order valence-electron chi connectivity index (χ2n) is 6.14. The molecule has 132 valence electrons. The minimum absolute atomic E-state index is 0.554. The zero-order valence-electron chi connectivity index (χ0n) is 14.1. The zero-order valence-corrected chi connectivity index (χ0v) is 16.3. The normalized spacial score (nSPS) is 16.3. The van der Waals surface area contributed by atoms with Crippen molar-refractivity contribution in [3.8, 4) is 0 Å². The molecule has 0 aromatic heterocycles. The second-order valence-corrected chi connectivity index (χ2v) is 7.36. The van der Waals surface area contributed by atoms with Crippen LogP contribution in [0.3, 0.4) is 0 Å². The molecule has 1 heterocycles. The first-order valence-electron chi connectivity index (χ1n) is 8.24. The molecular formula is C19H20Cl3N3. The van der Waals surface area contributed by atoms with E-state index >= 15 is 0 Å². The van der Waals surface area contributed by atoms with Crippen LogP contribution < -0.4 is 0 Å². The fourth-order valence-corrected chi connectivity index (χ4v) is 3.35. The highest BCUT2D eigenvalue weighted by Gasteiger charge is 2.17. The van der Waals surface area contributed by atoms with Gasteiger partial charge in [0.1, 0.15) is 0 Å². The molecule has 2 aromatic carbocycles. The van der Waals surface area contributed by atoms with Crippen molar-refractivity contribution in [1.29, 1.82) is 0 Å². The first kappa shape index (κ1) is 18.5. The number of rotatable bonds is 4. The molecule has 3 rings (SSSR count). The van der Waals surface area contributed by atoms with Gasteiger partial charge in [0, 0.05) is 37.7 Å². The van der Waals surface area contributed by atoms with E-state index in [4.69, 9.17) is 39.9 Å². The van der Waals surface area contributed by atoms with Crippen LogP contribution in [0.5, 0.6) is 0 Å². The molecule has 3 nitrogen and oxygen atoms in total. The van der Waals surface area contributed by atoms with E-state index in [1.807, 2.05) is 37.3 Å². The predicted molar refractivity (Wildman–Crippen MR) is 107 cm³/mol. The van der Waals surface area contributed by atoms with Gasteiger partial charge < -0.3 is 0 Å². The predicted octanol–water partition coefficient (Wildman–Crippen LogP) is 5.19. The van der Waals surface area contributed by atoms with Crippen molar-refractivity contribution >= 4 is 40.5 Å². The lowest BCUT2D eigenvalue weighted by Gasteiger charge is -2.33. The Hall–Kier alpha value is -1.26. The molecule has 0 aliphatic carbocycles. The summed E-state index contributed by atoms with van der Waals surface area (Å²) in [5.41, 5.74) is 3.11. The van der Waals surface area contributed by atoms with Crippen LogP contribution in [0.1, 0.15) is 18.1 Å². The van der Waals surface area contributed by atoms with Crippen molar-refractivity contribution in [2.75, 3.05) is 26.2 Å². The van der Waals surface area contributed by atoms with E-state index in [9.17, 15) is 0 Å². The molecule has 1 saturated heterocycles. The summed E-state index contributed by atoms with van der Waals surface area (Å²) in [4.78, 5) is 2.40. The van der Waals surface area contributed by atoms with Crippen LogP contribution in [-0.2, 0) is 6.54 Å². The number of hydrogen-bond acceptors (Lipinski definition) is 3. The van der Waals surface area contributed by atoms with Crippen LogP contribution >= 0.6 is 34.8 Å². The van der Waals surface area contributed by atoms with Gasteiger partial charge in [0.15, 0.2) is 0 Å². The highest BCUT2D eigenvalue weighted by Crippen LogP contribution is 2.23. The van der Waals surface area contributed by atoms with Crippen LogP contribution in [0.4, 0.5) is 0 Å². The third-order valence-electron chi connectivity index (χ3n) is 4.33. The SMILES string of the molecule is C/C(=N/N1CCN(Cc2ccccc2Cl)CC1)c1ccc(Cl)c(Cl)c1. The van der Waals surface area contributed by atoms with Gasteiger partial charge in [-0.1, -0.05) is 59.1 Å². The maximum absolute atomic E-state index is 6.25. The molecule has 1 aliphatic heterocycles. The summed E-state index contributed by atoms with van der Waals surface area (Å²) in [6, 6.07) is 13.6. The van der Waals surface area contributed by atoms with Gasteiger partial charge in [0.25, 0.3) is 0 Å². The molecule has 0 unspecified atom stereocenters. The maximum Gasteiger partial charge on any atom is 0.0647 e. The minimum atomic E-state index is 0.554. The van der Waals surface area contributed by atoms with Gasteiger partial charge in [-0.2, -0.15) is 5.10 Å². The highest BCUT2D eigenvalue weighted by atomic mass is 35.5. The monoisotopic (exact) mass is 395 g/mol. The van der Waals surface area contributed by atoms with Crippen LogP contribution in [0.25, 0.3) is 0 Å². The van der Waals surface area contributed by atoms with E-state index in [-0.39, 0.29) is 0 Å². The Kier molecular flexibility index (Phi) is 6.24. The van der Waals surface area contributed by atoms with E-state index in [1.165, 1.54) is 5.56 Å². The Balaban J connectivity index is 1.58. The molecule has 0 spiro atoms. The summed E-state index contributed by atoms with van der Waals surface area (Å²) in [6.07, 6.45) is 0. The summed E-state index contributed by atoms with van der Waals surface area (Å²) in [5, 5.41) is 8.79. The molecule has 1 aliphatic rings. The van der Waals surface area contributed by atoms with E-state index in [1.54, 1.807) is 6.07 Å². The van der Waals surface area contributed by atoms with Gasteiger partial charge in [-0.3, -0.25) is 9.91 Å². The van der Waals surface area contributed by atoms with Crippen molar-refractivity contribution in [2.24, 2.45) is 5.10 Å². The van der Waals surface area contributed by atoms with Gasteiger partial charge in [-0.15, -0.1) is 0 Å². The molecule has 2 aromatic rings. The van der Waals surface area contributed by atoms with Crippen LogP contribution in [0.15, 0.2) is 47.6 Å². The molecule has 0 radical (unpaired) electrons. The van der Waals surface area contributed by atoms with Crippen LogP contribution in [-0.4, -0.2) is 41.8 Å². The third kappa shape index (κ3) is 4.89. The largest absolute Gasteiger partial charge is 0.295 e. The van der Waals surface area contributed by atoms with Crippen molar-refractivity contribution in [3.63, 3.8) is 0 Å². The Labute approximate surface area is 163 Å². The lowest BCUT2D eigenvalue weighted by Crippen LogP contribution is -2.43. The van der Waals surface area contributed by atoms with Crippen molar-refractivity contribution in [1.82, 2.24) is 9.91 Å². The first-order valence-corrected chi connectivity index (χ1v) is 9.37. The molecule has 0 atom stereocenters. The average molecular weight is 397 g/mol. The lowest BCUT2D eigenvalue weighted by atomic mass is 10.1. The smallest absolute Gasteiger partial charge is 0.0647 e. The van der Waals surface area contributed by atoms with Crippen molar-refractivity contribution < 1.29 is 0 Å². The summed E-state index contributed by atoms with van der Waals surface area (Å²) in [7, 11) is 0. The number of hydrogen-bond donors (Lipinski definition) is 0. The number of benzene rings is 2. The summed E-state index contributed by atoms with van der Waals surface area (Å²) >= 11 is 18.3. The fraction of sp³-hybridized carbons (Fsp3) is 0.316. The average Bonchev–Trinajstić information content (AvgIpc) is 2.61. The topological polar surface area (TPSA) is 18.8 Å². The number of hydrazone groups is 1. The van der Waals surface area contributed by atoms with Gasteiger partial charge in [-0.25, -0.2) is 0 Å². The van der Waals surface area contributed by atoms with Gasteiger partial charge in [-0.05, 0) is 36.2 Å². The standard InChI is InChI=1S/C19H20Cl3N3/c1-14(15-6-7-18(21)19(22)12-15)23-25-10-8-24(9-11-25)13-16-4-2-3-5-17(16)20/h2-7,12H,8-11,13H2,1H3/b23-14-. The molecule has 0 amide bonds. The quantitative estimate of drug-likeness (QED) is 0.662. The minimum Gasteiger partial charge on any atom is -0.295 e. The Morgan fingerprint density at radius 3 is 2.32 bits per heavy atom. The maximum atomic E-state index is 6.25. The summed E-state index contributed by atoms with van der Waals surface area (Å²) < 4.78 is 0. The van der Waals surface area contributed by atoms with E-state index in [0.29, 0.717) is 10.0 Å². The van der Waals surface area contributed by atoms with E-state index < -0.39 is 0 Å². The summed E-state index contributed by atoms with van der Waals surface area (Å²) in [5.74, 6) is 0. The molecule has 1 fully saturated rings. The second kappa shape index (κ2) is 8.41. The van der Waals surface area contributed by atoms with Gasteiger partial charge in [0.2, 0.25) is 0 Å². The van der Waals surface area contributed by atoms with Crippen molar-refractivity contribution in [3.05, 3.63) is 68.7 Å². The molecule has 25 heavy (non-hydrogen) atoms. The molecule has 0 saturated carbocycles.